The van der Waals surface area contributed by atoms with Crippen LogP contribution in [0.5, 0.6) is 11.5 Å². The number of phenolic OH excluding ortho intramolecular Hbond substituents is 2. The van der Waals surface area contributed by atoms with Gasteiger partial charge in [0.05, 0.1) is 0 Å². The number of aryl methyl sites for hydroxylation is 2. The molecule has 0 atom stereocenters. The lowest BCUT2D eigenvalue weighted by molar-refractivity contribution is 0.470. The maximum absolute atomic E-state index is 10.6. The number of hydrogen-bond donors (Lipinski definition) is 2. The second-order valence-corrected chi connectivity index (χ2v) is 13.2. The van der Waals surface area contributed by atoms with Gasteiger partial charge in [-0.3, -0.25) is 0 Å². The topological polar surface area (TPSA) is 40.5 Å². The van der Waals surface area contributed by atoms with E-state index in [4.69, 9.17) is 0 Å². The van der Waals surface area contributed by atoms with Crippen LogP contribution in [0, 0.1) is 0 Å². The van der Waals surface area contributed by atoms with E-state index in [1.54, 1.807) is 12.1 Å². The molecule has 2 heteroatoms. The van der Waals surface area contributed by atoms with Gasteiger partial charge in [0.15, 0.2) is 0 Å². The first kappa shape index (κ1) is 32.7. The molecule has 0 aliphatic heterocycles. The third-order valence-electron chi connectivity index (χ3n) is 10.3. The first-order chi connectivity index (χ1) is 24.6. The molecule has 0 bridgehead atoms. The van der Waals surface area contributed by atoms with Crippen molar-refractivity contribution in [3.8, 4) is 11.5 Å². The van der Waals surface area contributed by atoms with Gasteiger partial charge in [-0.2, -0.15) is 0 Å². The van der Waals surface area contributed by atoms with E-state index in [1.807, 2.05) is 24.3 Å². The largest absolute Gasteiger partial charge is 0.508 e. The van der Waals surface area contributed by atoms with Crippen LogP contribution in [0.4, 0.5) is 0 Å². The molecule has 0 unspecified atom stereocenters. The quantitative estimate of drug-likeness (QED) is 0.129. The van der Waals surface area contributed by atoms with Crippen LogP contribution in [0.1, 0.15) is 57.3 Å². The molecule has 7 aromatic rings. The van der Waals surface area contributed by atoms with Gasteiger partial charge in [0.1, 0.15) is 11.5 Å². The SMILES string of the molecule is Oc1cccc(C(CCc2ccc(CCC(c3ccccc3)(c3ccccc3)c3cccc(O)c3)cc2)(c2ccccc2)c2ccccc2)c1. The van der Waals surface area contributed by atoms with Crippen molar-refractivity contribution in [3.63, 3.8) is 0 Å². The predicted molar refractivity (Wildman–Crippen MR) is 205 cm³/mol. The molecular formula is C48H42O2. The van der Waals surface area contributed by atoms with E-state index < -0.39 is 10.8 Å². The fourth-order valence-electron chi connectivity index (χ4n) is 7.84. The molecule has 0 saturated heterocycles. The molecular weight excluding hydrogens is 609 g/mol. The summed E-state index contributed by atoms with van der Waals surface area (Å²) in [4.78, 5) is 0. The molecule has 0 aromatic heterocycles. The van der Waals surface area contributed by atoms with Crippen LogP contribution < -0.4 is 0 Å². The van der Waals surface area contributed by atoms with E-state index in [0.29, 0.717) is 0 Å². The van der Waals surface area contributed by atoms with Crippen molar-refractivity contribution in [2.24, 2.45) is 0 Å². The summed E-state index contributed by atoms with van der Waals surface area (Å²) >= 11 is 0. The summed E-state index contributed by atoms with van der Waals surface area (Å²) in [6.07, 6.45) is 3.40. The van der Waals surface area contributed by atoms with Crippen molar-refractivity contribution < 1.29 is 10.2 Å². The van der Waals surface area contributed by atoms with Gasteiger partial charge < -0.3 is 10.2 Å². The zero-order valence-corrected chi connectivity index (χ0v) is 28.2. The van der Waals surface area contributed by atoms with Gasteiger partial charge in [0.25, 0.3) is 0 Å². The summed E-state index contributed by atoms with van der Waals surface area (Å²) in [5.41, 5.74) is 8.66. The van der Waals surface area contributed by atoms with Gasteiger partial charge in [-0.1, -0.05) is 170 Å². The van der Waals surface area contributed by atoms with Gasteiger partial charge in [-0.25, -0.2) is 0 Å². The first-order valence-corrected chi connectivity index (χ1v) is 17.5. The lowest BCUT2D eigenvalue weighted by Crippen LogP contribution is -2.30. The summed E-state index contributed by atoms with van der Waals surface area (Å²) < 4.78 is 0. The van der Waals surface area contributed by atoms with Crippen molar-refractivity contribution in [1.82, 2.24) is 0 Å². The fraction of sp³-hybridized carbons (Fsp3) is 0.125. The van der Waals surface area contributed by atoms with Crippen molar-refractivity contribution in [3.05, 3.63) is 239 Å². The number of hydrogen-bond acceptors (Lipinski definition) is 2. The van der Waals surface area contributed by atoms with Crippen molar-refractivity contribution in [2.45, 2.75) is 36.5 Å². The monoisotopic (exact) mass is 650 g/mol. The van der Waals surface area contributed by atoms with Gasteiger partial charge in [0.2, 0.25) is 0 Å². The minimum atomic E-state index is -0.438. The second kappa shape index (κ2) is 14.7. The van der Waals surface area contributed by atoms with E-state index in [1.165, 1.54) is 33.4 Å². The molecule has 0 heterocycles. The lowest BCUT2D eigenvalue weighted by atomic mass is 9.66. The summed E-state index contributed by atoms with van der Waals surface area (Å²) in [6.45, 7) is 0. The average Bonchev–Trinajstić information content (AvgIpc) is 3.18. The first-order valence-electron chi connectivity index (χ1n) is 17.5. The third-order valence-corrected chi connectivity index (χ3v) is 10.3. The minimum Gasteiger partial charge on any atom is -0.508 e. The van der Waals surface area contributed by atoms with Gasteiger partial charge >= 0.3 is 0 Å². The summed E-state index contributed by atoms with van der Waals surface area (Å²) in [5.74, 6) is 0.548. The molecule has 0 spiro atoms. The number of benzene rings is 7. The number of rotatable bonds is 12. The Labute approximate surface area is 296 Å². The highest BCUT2D eigenvalue weighted by Gasteiger charge is 2.37. The van der Waals surface area contributed by atoms with Crippen LogP contribution in [-0.2, 0) is 23.7 Å². The molecule has 0 radical (unpaired) electrons. The van der Waals surface area contributed by atoms with Crippen LogP contribution in [0.3, 0.4) is 0 Å². The van der Waals surface area contributed by atoms with E-state index in [-0.39, 0.29) is 11.5 Å². The molecule has 0 aliphatic rings. The van der Waals surface area contributed by atoms with Crippen LogP contribution in [0.15, 0.2) is 194 Å². The van der Waals surface area contributed by atoms with Gasteiger partial charge in [-0.15, -0.1) is 0 Å². The summed E-state index contributed by atoms with van der Waals surface area (Å²) in [5, 5.41) is 21.2. The zero-order chi connectivity index (χ0) is 34.2. The number of aromatic hydroxyl groups is 2. The Hall–Kier alpha value is -5.86. The van der Waals surface area contributed by atoms with Crippen molar-refractivity contribution in [1.29, 1.82) is 0 Å². The summed E-state index contributed by atoms with van der Waals surface area (Å²) in [7, 11) is 0. The Kier molecular flexibility index (Phi) is 9.62. The normalized spacial score (nSPS) is 11.7. The van der Waals surface area contributed by atoms with Crippen LogP contribution >= 0.6 is 0 Å². The maximum Gasteiger partial charge on any atom is 0.115 e. The molecule has 50 heavy (non-hydrogen) atoms. The smallest absolute Gasteiger partial charge is 0.115 e. The van der Waals surface area contributed by atoms with Crippen molar-refractivity contribution >= 4 is 0 Å². The Morgan fingerprint density at radius 2 is 0.580 bits per heavy atom. The van der Waals surface area contributed by atoms with Crippen molar-refractivity contribution in [2.75, 3.05) is 0 Å². The Balaban J connectivity index is 1.20. The Morgan fingerprint density at radius 3 is 0.860 bits per heavy atom. The molecule has 2 N–H and O–H groups in total. The third kappa shape index (κ3) is 6.58. The van der Waals surface area contributed by atoms with Crippen LogP contribution in [0.25, 0.3) is 0 Å². The van der Waals surface area contributed by atoms with Crippen LogP contribution in [-0.4, -0.2) is 10.2 Å². The highest BCUT2D eigenvalue weighted by molar-refractivity contribution is 5.53. The predicted octanol–water partition coefficient (Wildman–Crippen LogP) is 11.0. The molecule has 7 rings (SSSR count). The fourth-order valence-corrected chi connectivity index (χ4v) is 7.84. The van der Waals surface area contributed by atoms with E-state index in [0.717, 1.165) is 36.8 Å². The second-order valence-electron chi connectivity index (χ2n) is 13.2. The molecule has 7 aromatic carbocycles. The highest BCUT2D eigenvalue weighted by Crippen LogP contribution is 2.45. The standard InChI is InChI=1S/C48H42O2/c49-45-25-13-23-43(35-45)47(39-15-5-1-6-16-39,40-17-7-2-8-18-40)33-31-37-27-29-38(30-28-37)32-34-48(41-19-9-3-10-20-41,42-21-11-4-12-22-42)44-24-14-26-46(50)36-44/h1-30,35-36,49-50H,31-34H2. The summed E-state index contributed by atoms with van der Waals surface area (Å²) in [6, 6.07) is 67.3. The highest BCUT2D eigenvalue weighted by atomic mass is 16.3. The van der Waals surface area contributed by atoms with Crippen LogP contribution in [0.2, 0.25) is 0 Å². The van der Waals surface area contributed by atoms with E-state index in [2.05, 4.69) is 158 Å². The Morgan fingerprint density at radius 1 is 0.300 bits per heavy atom. The Bertz CT molecular complexity index is 1870. The maximum atomic E-state index is 10.6. The molecule has 0 aliphatic carbocycles. The minimum absolute atomic E-state index is 0.274. The molecule has 0 amide bonds. The lowest BCUT2D eigenvalue weighted by Gasteiger charge is -2.36. The van der Waals surface area contributed by atoms with E-state index >= 15 is 0 Å². The average molecular weight is 651 g/mol. The van der Waals surface area contributed by atoms with E-state index in [9.17, 15) is 10.2 Å². The van der Waals surface area contributed by atoms with Gasteiger partial charge in [0, 0.05) is 10.8 Å². The zero-order valence-electron chi connectivity index (χ0n) is 28.2. The molecule has 2 nitrogen and oxygen atoms in total. The molecule has 246 valence electrons. The molecule has 0 fully saturated rings. The number of phenols is 2. The van der Waals surface area contributed by atoms with Gasteiger partial charge in [-0.05, 0) is 94.5 Å². The molecule has 0 saturated carbocycles.